The van der Waals surface area contributed by atoms with Gasteiger partial charge in [-0.15, -0.1) is 0 Å². The number of sulfonamides is 1. The van der Waals surface area contributed by atoms with Gasteiger partial charge in [-0.05, 0) is 55.7 Å². The molecule has 4 rings (SSSR count). The molecule has 6 N–H and O–H groups in total. The number of rotatable bonds is 7. The van der Waals surface area contributed by atoms with E-state index in [-0.39, 0.29) is 34.7 Å². The molecule has 0 saturated carbocycles. The number of halogens is 1. The van der Waals surface area contributed by atoms with Gasteiger partial charge in [0.2, 0.25) is 15.9 Å². The second kappa shape index (κ2) is 10.9. The zero-order chi connectivity index (χ0) is 26.0. The number of carbonyl (C=O) groups excluding carboxylic acids is 1. The van der Waals surface area contributed by atoms with Crippen molar-refractivity contribution in [1.29, 1.82) is 5.41 Å². The van der Waals surface area contributed by atoms with Crippen molar-refractivity contribution in [1.82, 2.24) is 16.2 Å². The van der Waals surface area contributed by atoms with Crippen LogP contribution in [-0.4, -0.2) is 49.8 Å². The van der Waals surface area contributed by atoms with Gasteiger partial charge in [-0.1, -0.05) is 41.6 Å². The van der Waals surface area contributed by atoms with Crippen LogP contribution in [0.15, 0.2) is 52.4 Å². The van der Waals surface area contributed by atoms with Crippen molar-refractivity contribution in [2.24, 2.45) is 16.0 Å². The molecule has 0 radical (unpaired) electrons. The summed E-state index contributed by atoms with van der Waals surface area (Å²) in [4.78, 5) is 19.2. The number of anilines is 1. The Balaban J connectivity index is 1.41. The molecule has 2 heterocycles. The quantitative estimate of drug-likeness (QED) is 0.354. The van der Waals surface area contributed by atoms with Crippen LogP contribution in [0.2, 0.25) is 5.02 Å². The Morgan fingerprint density at radius 1 is 1.25 bits per heavy atom. The first-order valence-corrected chi connectivity index (χ1v) is 14.2. The third-order valence-electron chi connectivity index (χ3n) is 6.07. The topological polar surface area (TPSA) is 153 Å². The van der Waals surface area contributed by atoms with Crippen LogP contribution in [0.25, 0.3) is 0 Å². The first-order valence-electron chi connectivity index (χ1n) is 11.3. The Morgan fingerprint density at radius 2 is 1.97 bits per heavy atom. The van der Waals surface area contributed by atoms with Gasteiger partial charge in [-0.2, -0.15) is 0 Å². The van der Waals surface area contributed by atoms with Gasteiger partial charge in [0.25, 0.3) is 0 Å². The number of nitrogens with zero attached hydrogens (tertiary/aromatic N) is 2. The molecule has 13 heteroatoms. The van der Waals surface area contributed by atoms with E-state index in [9.17, 15) is 13.2 Å². The smallest absolute Gasteiger partial charge is 0.238 e. The van der Waals surface area contributed by atoms with Gasteiger partial charge in [0, 0.05) is 17.6 Å². The summed E-state index contributed by atoms with van der Waals surface area (Å²) in [6, 6.07) is 11.8. The molecule has 2 aromatic rings. The number of primary sulfonamides is 1. The molecular weight excluding hydrogens is 522 g/mol. The first-order chi connectivity index (χ1) is 17.0. The van der Waals surface area contributed by atoms with E-state index >= 15 is 0 Å². The number of nitrogens with one attached hydrogen (secondary N) is 4. The van der Waals surface area contributed by atoms with Crippen LogP contribution in [0.5, 0.6) is 0 Å². The maximum Gasteiger partial charge on any atom is 0.238 e. The van der Waals surface area contributed by atoms with Gasteiger partial charge in [0.15, 0.2) is 5.17 Å². The summed E-state index contributed by atoms with van der Waals surface area (Å²) < 4.78 is 22.7. The summed E-state index contributed by atoms with van der Waals surface area (Å²) in [6.07, 6.45) is 0.243. The lowest BCUT2D eigenvalue weighted by Crippen LogP contribution is -2.50. The highest BCUT2D eigenvalue weighted by atomic mass is 35.5. The molecule has 2 aliphatic rings. The third kappa shape index (κ3) is 5.90. The van der Waals surface area contributed by atoms with Crippen molar-refractivity contribution in [3.63, 3.8) is 0 Å². The van der Waals surface area contributed by atoms with Gasteiger partial charge in [0.1, 0.15) is 12.0 Å². The van der Waals surface area contributed by atoms with Crippen molar-refractivity contribution >= 4 is 56.0 Å². The number of hydrazine groups is 1. The lowest BCUT2D eigenvalue weighted by molar-refractivity contribution is -0.118. The maximum absolute atomic E-state index is 12.6. The lowest BCUT2D eigenvalue weighted by atomic mass is 9.96. The number of carbonyl (C=O) groups is 1. The molecule has 1 fully saturated rings. The highest BCUT2D eigenvalue weighted by Crippen LogP contribution is 2.34. The lowest BCUT2D eigenvalue weighted by Gasteiger charge is -2.36. The fourth-order valence-corrected chi connectivity index (χ4v) is 5.69. The normalized spacial score (nSPS) is 21.8. The molecule has 0 spiro atoms. The Hall–Kier alpha value is -2.48. The van der Waals surface area contributed by atoms with E-state index in [2.05, 4.69) is 16.2 Å². The molecule has 2 aliphatic heterocycles. The number of nitrogens with two attached hydrogens (primary N) is 1. The summed E-state index contributed by atoms with van der Waals surface area (Å²) in [5.41, 5.74) is 8.87. The summed E-state index contributed by atoms with van der Waals surface area (Å²) >= 11 is 7.53. The molecule has 0 bridgehead atoms. The van der Waals surface area contributed by atoms with Crippen LogP contribution >= 0.6 is 23.4 Å². The minimum atomic E-state index is -3.73. The van der Waals surface area contributed by atoms with Gasteiger partial charge in [-0.25, -0.2) is 24.0 Å². The molecule has 10 nitrogen and oxygen atoms in total. The summed E-state index contributed by atoms with van der Waals surface area (Å²) in [7, 11) is -3.73. The van der Waals surface area contributed by atoms with E-state index in [4.69, 9.17) is 27.1 Å². The SMILES string of the molecule is Cc1ccc(Cl)cc1N1C(=N)C2C(C)NNC2N=C1SCC(=O)NCCc1ccc(S(N)(=O)=O)cc1. The number of benzene rings is 2. The predicted molar refractivity (Wildman–Crippen MR) is 144 cm³/mol. The van der Waals surface area contributed by atoms with Gasteiger partial charge in [0.05, 0.1) is 22.3 Å². The van der Waals surface area contributed by atoms with Gasteiger partial charge in [-0.3, -0.25) is 20.5 Å². The van der Waals surface area contributed by atoms with Crippen LogP contribution < -0.4 is 26.2 Å². The highest BCUT2D eigenvalue weighted by Gasteiger charge is 2.44. The second-order valence-corrected chi connectivity index (χ2v) is 11.6. The molecule has 1 saturated heterocycles. The van der Waals surface area contributed by atoms with E-state index in [1.807, 2.05) is 26.0 Å². The zero-order valence-electron chi connectivity index (χ0n) is 19.8. The average Bonchev–Trinajstić information content (AvgIpc) is 3.20. The fourth-order valence-electron chi connectivity index (χ4n) is 4.13. The van der Waals surface area contributed by atoms with Gasteiger partial charge >= 0.3 is 0 Å². The number of amides is 1. The van der Waals surface area contributed by atoms with E-state index in [0.29, 0.717) is 29.0 Å². The molecule has 36 heavy (non-hydrogen) atoms. The van der Waals surface area contributed by atoms with Crippen LogP contribution in [0, 0.1) is 18.3 Å². The number of amidine groups is 2. The Kier molecular flexibility index (Phi) is 8.03. The largest absolute Gasteiger partial charge is 0.355 e. The van der Waals surface area contributed by atoms with Crippen LogP contribution in [0.4, 0.5) is 5.69 Å². The van der Waals surface area contributed by atoms with Crippen LogP contribution in [0.1, 0.15) is 18.1 Å². The summed E-state index contributed by atoms with van der Waals surface area (Å²) in [5.74, 6) is 0.164. The summed E-state index contributed by atoms with van der Waals surface area (Å²) in [6.45, 7) is 4.34. The van der Waals surface area contributed by atoms with Crippen molar-refractivity contribution in [2.75, 3.05) is 17.2 Å². The maximum atomic E-state index is 12.6. The zero-order valence-corrected chi connectivity index (χ0v) is 22.2. The Bertz CT molecular complexity index is 1300. The van der Waals surface area contributed by atoms with Crippen LogP contribution in [-0.2, 0) is 21.2 Å². The number of aryl methyl sites for hydroxylation is 1. The second-order valence-electron chi connectivity index (χ2n) is 8.69. The van der Waals surface area contributed by atoms with Crippen molar-refractivity contribution < 1.29 is 13.2 Å². The average molecular weight is 550 g/mol. The fraction of sp³-hybridized carbons (Fsp3) is 0.348. The number of hydrogen-bond donors (Lipinski definition) is 5. The van der Waals surface area contributed by atoms with Crippen molar-refractivity contribution in [3.8, 4) is 0 Å². The Labute approximate surface area is 219 Å². The standard InChI is InChI=1S/C23H28ClN7O3S2/c1-13-3-6-16(24)11-18(13)31-21(25)20-14(2)29-30-22(20)28-23(31)35-12-19(32)27-10-9-15-4-7-17(8-5-15)36(26,33)34/h3-8,11,14,20,22,25,29-30H,9-10,12H2,1-2H3,(H,27,32)(H2,26,33,34). The Morgan fingerprint density at radius 3 is 2.67 bits per heavy atom. The van der Waals surface area contributed by atoms with E-state index < -0.39 is 10.0 Å². The summed E-state index contributed by atoms with van der Waals surface area (Å²) in [5, 5.41) is 18.0. The highest BCUT2D eigenvalue weighted by molar-refractivity contribution is 8.14. The minimum absolute atomic E-state index is 0.0158. The molecule has 1 amide bonds. The molecule has 0 aliphatic carbocycles. The predicted octanol–water partition coefficient (Wildman–Crippen LogP) is 1.98. The molecule has 3 atom stereocenters. The van der Waals surface area contributed by atoms with E-state index in [1.54, 1.807) is 23.1 Å². The molecule has 2 aromatic carbocycles. The minimum Gasteiger partial charge on any atom is -0.355 e. The van der Waals surface area contributed by atoms with E-state index in [1.165, 1.54) is 23.9 Å². The first kappa shape index (κ1) is 26.6. The third-order valence-corrected chi connectivity index (χ3v) is 8.18. The molecule has 3 unspecified atom stereocenters. The molecular formula is C23H28ClN7O3S2. The number of thioether (sulfide) groups is 1. The number of aliphatic imine (C=N–C) groups is 1. The molecule has 192 valence electrons. The van der Waals surface area contributed by atoms with E-state index in [0.717, 1.165) is 16.8 Å². The monoisotopic (exact) mass is 549 g/mol. The van der Waals surface area contributed by atoms with Crippen molar-refractivity contribution in [2.45, 2.75) is 37.4 Å². The molecule has 0 aromatic heterocycles. The number of fused-ring (bicyclic) bond motifs is 1. The van der Waals surface area contributed by atoms with Gasteiger partial charge < -0.3 is 5.32 Å². The van der Waals surface area contributed by atoms with Crippen LogP contribution in [0.3, 0.4) is 0 Å². The number of hydrogen-bond acceptors (Lipinski definition) is 8. The van der Waals surface area contributed by atoms with Crippen molar-refractivity contribution in [3.05, 3.63) is 58.6 Å².